The summed E-state index contributed by atoms with van der Waals surface area (Å²) < 4.78 is 5.30. The molecule has 0 aliphatic carbocycles. The SMILES string of the molecule is CCCNCCC.CCOc1ccc2c(c1)C(=O)N(CCCO[N+](=O)[O-])C2=O. The molecule has 0 saturated carbocycles. The predicted octanol–water partition coefficient (Wildman–Crippen LogP) is 2.68. The van der Waals surface area contributed by atoms with Crippen molar-refractivity contribution in [1.29, 1.82) is 0 Å². The van der Waals surface area contributed by atoms with Crippen LogP contribution in [0.3, 0.4) is 0 Å². The van der Waals surface area contributed by atoms with E-state index in [0.717, 1.165) is 4.90 Å². The Morgan fingerprint density at radius 2 is 1.71 bits per heavy atom. The largest absolute Gasteiger partial charge is 0.494 e. The van der Waals surface area contributed by atoms with Crippen molar-refractivity contribution in [3.05, 3.63) is 39.4 Å². The molecule has 1 aromatic carbocycles. The summed E-state index contributed by atoms with van der Waals surface area (Å²) in [5, 5.41) is 12.4. The summed E-state index contributed by atoms with van der Waals surface area (Å²) in [5.41, 5.74) is 0.611. The Labute approximate surface area is 165 Å². The Kier molecular flexibility index (Phi) is 10.6. The average Bonchev–Trinajstić information content (AvgIpc) is 2.90. The molecular formula is C19H29N3O6. The van der Waals surface area contributed by atoms with Crippen LogP contribution in [0.4, 0.5) is 0 Å². The quantitative estimate of drug-likeness (QED) is 0.265. The Balaban J connectivity index is 0.000000480. The number of ether oxygens (including phenoxy) is 1. The van der Waals surface area contributed by atoms with E-state index in [9.17, 15) is 19.7 Å². The van der Waals surface area contributed by atoms with E-state index >= 15 is 0 Å². The Morgan fingerprint density at radius 3 is 2.29 bits per heavy atom. The first kappa shape index (κ1) is 23.4. The molecular weight excluding hydrogens is 366 g/mol. The second-order valence-corrected chi connectivity index (χ2v) is 6.06. The molecule has 9 nitrogen and oxygen atoms in total. The maximum atomic E-state index is 12.2. The van der Waals surface area contributed by atoms with Crippen molar-refractivity contribution in [3.8, 4) is 5.75 Å². The Morgan fingerprint density at radius 1 is 1.07 bits per heavy atom. The lowest BCUT2D eigenvalue weighted by molar-refractivity contribution is -0.757. The molecule has 1 aliphatic rings. The summed E-state index contributed by atoms with van der Waals surface area (Å²) in [6, 6.07) is 4.72. The molecule has 2 rings (SSSR count). The smallest absolute Gasteiger partial charge is 0.294 e. The van der Waals surface area contributed by atoms with E-state index in [4.69, 9.17) is 4.74 Å². The number of nitrogens with one attached hydrogen (secondary N) is 1. The van der Waals surface area contributed by atoms with Crippen LogP contribution < -0.4 is 10.1 Å². The molecule has 0 saturated heterocycles. The third-order valence-corrected chi connectivity index (χ3v) is 3.83. The van der Waals surface area contributed by atoms with Gasteiger partial charge in [0, 0.05) is 6.54 Å². The zero-order valence-electron chi connectivity index (χ0n) is 16.7. The number of rotatable bonds is 11. The van der Waals surface area contributed by atoms with Crippen LogP contribution in [0.1, 0.15) is 60.7 Å². The number of amides is 2. The number of carbonyl (C=O) groups excluding carboxylic acids is 2. The monoisotopic (exact) mass is 395 g/mol. The third-order valence-electron chi connectivity index (χ3n) is 3.83. The number of fused-ring (bicyclic) bond motifs is 1. The van der Waals surface area contributed by atoms with Gasteiger partial charge < -0.3 is 14.9 Å². The molecule has 0 radical (unpaired) electrons. The maximum absolute atomic E-state index is 12.2. The molecule has 1 N–H and O–H groups in total. The van der Waals surface area contributed by atoms with Crippen LogP contribution in [0, 0.1) is 10.1 Å². The third kappa shape index (κ3) is 7.15. The van der Waals surface area contributed by atoms with Crippen molar-refractivity contribution in [2.45, 2.75) is 40.0 Å². The van der Waals surface area contributed by atoms with Gasteiger partial charge in [-0.25, -0.2) is 0 Å². The Bertz CT molecular complexity index is 661. The highest BCUT2D eigenvalue weighted by molar-refractivity contribution is 6.21. The highest BCUT2D eigenvalue weighted by Crippen LogP contribution is 2.26. The van der Waals surface area contributed by atoms with Gasteiger partial charge >= 0.3 is 0 Å². The molecule has 28 heavy (non-hydrogen) atoms. The summed E-state index contributed by atoms with van der Waals surface area (Å²) in [4.78, 5) is 39.5. The fraction of sp³-hybridized carbons (Fsp3) is 0.579. The maximum Gasteiger partial charge on any atom is 0.294 e. The van der Waals surface area contributed by atoms with Gasteiger partial charge in [-0.05, 0) is 57.5 Å². The number of imide groups is 1. The number of nitrogens with zero attached hydrogens (tertiary/aromatic N) is 2. The molecule has 0 spiro atoms. The summed E-state index contributed by atoms with van der Waals surface area (Å²) in [5.74, 6) is -0.298. The normalized spacial score (nSPS) is 12.3. The van der Waals surface area contributed by atoms with Gasteiger partial charge in [0.05, 0.1) is 24.3 Å². The van der Waals surface area contributed by atoms with E-state index < -0.39 is 16.9 Å². The van der Waals surface area contributed by atoms with Crippen molar-refractivity contribution in [2.24, 2.45) is 0 Å². The Hall–Kier alpha value is -2.68. The van der Waals surface area contributed by atoms with Crippen LogP contribution in [0.15, 0.2) is 18.2 Å². The highest BCUT2D eigenvalue weighted by Gasteiger charge is 2.35. The van der Waals surface area contributed by atoms with E-state index in [1.165, 1.54) is 32.0 Å². The second kappa shape index (κ2) is 12.7. The first-order chi connectivity index (χ1) is 13.5. The van der Waals surface area contributed by atoms with Crippen LogP contribution in [0.5, 0.6) is 5.75 Å². The van der Waals surface area contributed by atoms with Gasteiger partial charge in [0.15, 0.2) is 0 Å². The summed E-state index contributed by atoms with van der Waals surface area (Å²) in [7, 11) is 0. The first-order valence-corrected chi connectivity index (χ1v) is 9.57. The standard InChI is InChI=1S/C13H14N2O6.C6H15N/c1-2-20-9-4-5-10-11(8-9)13(17)14(12(10)16)6-3-7-21-15(18)19;1-3-5-7-6-4-2/h4-5,8H,2-3,6-7H2,1H3;7H,3-6H2,1-2H3. The van der Waals surface area contributed by atoms with E-state index in [1.54, 1.807) is 12.1 Å². The molecule has 2 amide bonds. The van der Waals surface area contributed by atoms with E-state index in [-0.39, 0.29) is 19.6 Å². The fourth-order valence-electron chi connectivity index (χ4n) is 2.57. The molecule has 1 heterocycles. The van der Waals surface area contributed by atoms with Crippen molar-refractivity contribution in [1.82, 2.24) is 10.2 Å². The number of hydrogen-bond acceptors (Lipinski definition) is 7. The minimum absolute atomic E-state index is 0.0736. The minimum Gasteiger partial charge on any atom is -0.494 e. The summed E-state index contributed by atoms with van der Waals surface area (Å²) >= 11 is 0. The van der Waals surface area contributed by atoms with E-state index in [0.29, 0.717) is 23.5 Å². The highest BCUT2D eigenvalue weighted by atomic mass is 16.9. The molecule has 0 atom stereocenters. The van der Waals surface area contributed by atoms with Gasteiger partial charge in [0.25, 0.3) is 16.9 Å². The molecule has 9 heteroatoms. The zero-order valence-corrected chi connectivity index (χ0v) is 16.7. The number of carbonyl (C=O) groups is 2. The minimum atomic E-state index is -0.906. The van der Waals surface area contributed by atoms with E-state index in [1.807, 2.05) is 6.92 Å². The molecule has 0 bridgehead atoms. The number of benzene rings is 1. The van der Waals surface area contributed by atoms with Crippen molar-refractivity contribution in [3.63, 3.8) is 0 Å². The lowest BCUT2D eigenvalue weighted by atomic mass is 10.1. The predicted molar refractivity (Wildman–Crippen MR) is 104 cm³/mol. The van der Waals surface area contributed by atoms with Crippen LogP contribution >= 0.6 is 0 Å². The first-order valence-electron chi connectivity index (χ1n) is 9.57. The van der Waals surface area contributed by atoms with Gasteiger partial charge in [0.1, 0.15) is 5.75 Å². The topological polar surface area (TPSA) is 111 Å². The lowest BCUT2D eigenvalue weighted by Crippen LogP contribution is -2.31. The summed E-state index contributed by atoms with van der Waals surface area (Å²) in [6.07, 6.45) is 2.70. The molecule has 0 unspecified atom stereocenters. The summed E-state index contributed by atoms with van der Waals surface area (Å²) in [6.45, 7) is 8.91. The fourth-order valence-corrected chi connectivity index (χ4v) is 2.57. The molecule has 1 aromatic rings. The van der Waals surface area contributed by atoms with Gasteiger partial charge in [-0.15, -0.1) is 10.1 Å². The van der Waals surface area contributed by atoms with Crippen molar-refractivity contribution in [2.75, 3.05) is 32.8 Å². The van der Waals surface area contributed by atoms with Gasteiger partial charge in [0.2, 0.25) is 0 Å². The lowest BCUT2D eigenvalue weighted by Gasteiger charge is -2.12. The molecule has 0 aromatic heterocycles. The van der Waals surface area contributed by atoms with Crippen LogP contribution in [0.2, 0.25) is 0 Å². The van der Waals surface area contributed by atoms with Crippen LogP contribution in [-0.4, -0.2) is 54.6 Å². The molecule has 1 aliphatic heterocycles. The molecule has 156 valence electrons. The second-order valence-electron chi connectivity index (χ2n) is 6.06. The van der Waals surface area contributed by atoms with Crippen molar-refractivity contribution >= 4 is 11.8 Å². The average molecular weight is 395 g/mol. The van der Waals surface area contributed by atoms with Gasteiger partial charge in [-0.1, -0.05) is 13.8 Å². The number of hydrogen-bond donors (Lipinski definition) is 1. The molecule has 0 fully saturated rings. The van der Waals surface area contributed by atoms with Crippen LogP contribution in [-0.2, 0) is 4.84 Å². The van der Waals surface area contributed by atoms with E-state index in [2.05, 4.69) is 24.0 Å². The van der Waals surface area contributed by atoms with Gasteiger partial charge in [-0.3, -0.25) is 14.5 Å². The zero-order chi connectivity index (χ0) is 20.9. The van der Waals surface area contributed by atoms with Gasteiger partial charge in [-0.2, -0.15) is 0 Å². The van der Waals surface area contributed by atoms with Crippen molar-refractivity contribution < 1.29 is 24.3 Å². The van der Waals surface area contributed by atoms with Crippen LogP contribution in [0.25, 0.3) is 0 Å².